The van der Waals surface area contributed by atoms with Crippen molar-refractivity contribution in [3.8, 4) is 0 Å². The van der Waals surface area contributed by atoms with Crippen LogP contribution in [0.5, 0.6) is 0 Å². The van der Waals surface area contributed by atoms with Crippen LogP contribution in [0, 0.1) is 0 Å². The van der Waals surface area contributed by atoms with Crippen molar-refractivity contribution < 1.29 is 0 Å². The standard InChI is InChI=1S/C19H20Cl3N3/c1-4-15(17(22)7-12(2)3)19-18(9-23)25(11-24-19)10-13-5-6-14(20)8-16(13)21/h4-8,11H,2,9-10,23H2,1,3H3/b15-4+,17-7+. The molecule has 3 nitrogen and oxygen atoms in total. The molecule has 0 aliphatic heterocycles. The van der Waals surface area contributed by atoms with E-state index in [9.17, 15) is 0 Å². The van der Waals surface area contributed by atoms with Crippen molar-refractivity contribution in [3.05, 3.63) is 80.9 Å². The molecule has 1 aromatic carbocycles. The number of allylic oxidation sites excluding steroid dienone is 5. The minimum Gasteiger partial charge on any atom is -0.328 e. The topological polar surface area (TPSA) is 43.8 Å². The van der Waals surface area contributed by atoms with E-state index >= 15 is 0 Å². The molecule has 0 saturated carbocycles. The molecule has 132 valence electrons. The Labute approximate surface area is 163 Å². The molecule has 0 radical (unpaired) electrons. The molecule has 2 rings (SSSR count). The molecule has 0 amide bonds. The van der Waals surface area contributed by atoms with E-state index in [-0.39, 0.29) is 0 Å². The fraction of sp³-hybridized carbons (Fsp3) is 0.211. The molecule has 0 spiro atoms. The van der Waals surface area contributed by atoms with Gasteiger partial charge in [0.2, 0.25) is 0 Å². The van der Waals surface area contributed by atoms with Crippen LogP contribution in [0.1, 0.15) is 30.8 Å². The molecule has 1 aromatic heterocycles. The summed E-state index contributed by atoms with van der Waals surface area (Å²) < 4.78 is 1.97. The smallest absolute Gasteiger partial charge is 0.0959 e. The summed E-state index contributed by atoms with van der Waals surface area (Å²) in [6, 6.07) is 5.43. The van der Waals surface area contributed by atoms with Crippen LogP contribution in [-0.2, 0) is 13.1 Å². The van der Waals surface area contributed by atoms with Crippen LogP contribution in [0.3, 0.4) is 0 Å². The number of nitrogens with two attached hydrogens (primary N) is 1. The van der Waals surface area contributed by atoms with E-state index in [4.69, 9.17) is 40.5 Å². The van der Waals surface area contributed by atoms with Crippen molar-refractivity contribution in [3.63, 3.8) is 0 Å². The third-order valence-corrected chi connectivity index (χ3v) is 4.57. The highest BCUT2D eigenvalue weighted by molar-refractivity contribution is 6.37. The lowest BCUT2D eigenvalue weighted by molar-refractivity contribution is 0.739. The number of hydrogen-bond donors (Lipinski definition) is 1. The molecule has 0 atom stereocenters. The summed E-state index contributed by atoms with van der Waals surface area (Å²) in [5.74, 6) is 0. The van der Waals surface area contributed by atoms with Gasteiger partial charge in [0.25, 0.3) is 0 Å². The number of hydrogen-bond acceptors (Lipinski definition) is 2. The van der Waals surface area contributed by atoms with Gasteiger partial charge in [-0.15, -0.1) is 0 Å². The van der Waals surface area contributed by atoms with E-state index in [0.29, 0.717) is 28.2 Å². The summed E-state index contributed by atoms with van der Waals surface area (Å²) in [5, 5.41) is 1.80. The number of halogens is 3. The van der Waals surface area contributed by atoms with E-state index in [2.05, 4.69) is 11.6 Å². The Hall–Kier alpha value is -1.52. The highest BCUT2D eigenvalue weighted by atomic mass is 35.5. The largest absolute Gasteiger partial charge is 0.328 e. The van der Waals surface area contributed by atoms with Crippen LogP contribution in [0.25, 0.3) is 5.57 Å². The second-order valence-electron chi connectivity index (χ2n) is 5.65. The fourth-order valence-corrected chi connectivity index (χ4v) is 3.35. The Morgan fingerprint density at radius 2 is 2.08 bits per heavy atom. The van der Waals surface area contributed by atoms with Gasteiger partial charge in [-0.2, -0.15) is 0 Å². The summed E-state index contributed by atoms with van der Waals surface area (Å²) in [7, 11) is 0. The Morgan fingerprint density at radius 1 is 1.36 bits per heavy atom. The fourth-order valence-electron chi connectivity index (χ4n) is 2.50. The molecule has 25 heavy (non-hydrogen) atoms. The average Bonchev–Trinajstić information content (AvgIpc) is 2.92. The maximum absolute atomic E-state index is 6.42. The van der Waals surface area contributed by atoms with Crippen LogP contribution in [-0.4, -0.2) is 9.55 Å². The van der Waals surface area contributed by atoms with Gasteiger partial charge >= 0.3 is 0 Å². The number of benzene rings is 1. The van der Waals surface area contributed by atoms with Crippen molar-refractivity contribution in [1.29, 1.82) is 0 Å². The van der Waals surface area contributed by atoms with Crippen molar-refractivity contribution in [1.82, 2.24) is 9.55 Å². The normalized spacial score (nSPS) is 12.6. The summed E-state index contributed by atoms with van der Waals surface area (Å²) in [6.07, 6.45) is 5.48. The van der Waals surface area contributed by atoms with E-state index in [1.807, 2.05) is 42.7 Å². The number of rotatable bonds is 6. The molecular weight excluding hydrogens is 377 g/mol. The summed E-state index contributed by atoms with van der Waals surface area (Å²) in [6.45, 7) is 8.55. The first-order valence-electron chi connectivity index (χ1n) is 7.75. The van der Waals surface area contributed by atoms with E-state index in [1.165, 1.54) is 0 Å². The van der Waals surface area contributed by atoms with Crippen molar-refractivity contribution >= 4 is 40.4 Å². The first kappa shape index (κ1) is 19.8. The zero-order chi connectivity index (χ0) is 18.6. The van der Waals surface area contributed by atoms with Crippen LogP contribution in [0.4, 0.5) is 0 Å². The Bertz CT molecular complexity index is 848. The molecule has 6 heteroatoms. The van der Waals surface area contributed by atoms with Crippen LogP contribution in [0.15, 0.2) is 53.9 Å². The van der Waals surface area contributed by atoms with Gasteiger partial charge in [-0.25, -0.2) is 4.98 Å². The van der Waals surface area contributed by atoms with Gasteiger partial charge in [0, 0.05) is 27.2 Å². The Morgan fingerprint density at radius 3 is 2.64 bits per heavy atom. The van der Waals surface area contributed by atoms with Gasteiger partial charge in [-0.05, 0) is 37.6 Å². The molecule has 0 fully saturated rings. The van der Waals surface area contributed by atoms with Crippen LogP contribution >= 0.6 is 34.8 Å². The quantitative estimate of drug-likeness (QED) is 0.627. The molecule has 2 aromatic rings. The molecule has 0 saturated heterocycles. The number of imidazole rings is 1. The minimum atomic E-state index is 0.328. The molecular formula is C19H20Cl3N3. The predicted octanol–water partition coefficient (Wildman–Crippen LogP) is 5.80. The third kappa shape index (κ3) is 4.77. The second kappa shape index (κ2) is 8.72. The summed E-state index contributed by atoms with van der Waals surface area (Å²) >= 11 is 18.7. The maximum atomic E-state index is 6.42. The summed E-state index contributed by atoms with van der Waals surface area (Å²) in [5.41, 5.74) is 10.3. The number of aromatic nitrogens is 2. The Balaban J connectivity index is 2.42. The van der Waals surface area contributed by atoms with E-state index in [1.54, 1.807) is 12.4 Å². The highest BCUT2D eigenvalue weighted by Gasteiger charge is 2.16. The second-order valence-corrected chi connectivity index (χ2v) is 6.90. The Kier molecular flexibility index (Phi) is 6.91. The highest BCUT2D eigenvalue weighted by Crippen LogP contribution is 2.29. The molecule has 0 unspecified atom stereocenters. The van der Waals surface area contributed by atoms with Crippen molar-refractivity contribution in [2.75, 3.05) is 0 Å². The first-order chi connectivity index (χ1) is 11.9. The lowest BCUT2D eigenvalue weighted by Crippen LogP contribution is -2.10. The van der Waals surface area contributed by atoms with Gasteiger partial charge in [-0.1, -0.05) is 59.1 Å². The van der Waals surface area contributed by atoms with Gasteiger partial charge < -0.3 is 10.3 Å². The maximum Gasteiger partial charge on any atom is 0.0959 e. The minimum absolute atomic E-state index is 0.328. The van der Waals surface area contributed by atoms with Gasteiger partial charge in [0.1, 0.15) is 0 Å². The zero-order valence-electron chi connectivity index (χ0n) is 14.2. The number of nitrogens with zero attached hydrogens (tertiary/aromatic N) is 2. The van der Waals surface area contributed by atoms with E-state index in [0.717, 1.165) is 28.1 Å². The molecule has 0 aliphatic carbocycles. The monoisotopic (exact) mass is 395 g/mol. The average molecular weight is 397 g/mol. The SMILES string of the molecule is C=C(C)/C=C(Cl)\C(=C/C)c1ncn(Cc2ccc(Cl)cc2Cl)c1CN. The molecule has 0 aliphatic rings. The molecule has 1 heterocycles. The van der Waals surface area contributed by atoms with Crippen LogP contribution < -0.4 is 5.73 Å². The zero-order valence-corrected chi connectivity index (χ0v) is 16.5. The van der Waals surface area contributed by atoms with Gasteiger partial charge in [-0.3, -0.25) is 0 Å². The molecule has 2 N–H and O–H groups in total. The first-order valence-corrected chi connectivity index (χ1v) is 8.88. The third-order valence-electron chi connectivity index (χ3n) is 3.67. The van der Waals surface area contributed by atoms with Crippen molar-refractivity contribution in [2.24, 2.45) is 5.73 Å². The molecule has 0 bridgehead atoms. The van der Waals surface area contributed by atoms with E-state index < -0.39 is 0 Å². The predicted molar refractivity (Wildman–Crippen MR) is 108 cm³/mol. The van der Waals surface area contributed by atoms with Crippen LogP contribution in [0.2, 0.25) is 10.0 Å². The van der Waals surface area contributed by atoms with Crippen molar-refractivity contribution in [2.45, 2.75) is 26.9 Å². The lowest BCUT2D eigenvalue weighted by atomic mass is 10.1. The van der Waals surface area contributed by atoms with Gasteiger partial charge in [0.15, 0.2) is 0 Å². The van der Waals surface area contributed by atoms with Gasteiger partial charge in [0.05, 0.1) is 24.3 Å². The lowest BCUT2D eigenvalue weighted by Gasteiger charge is -2.11. The summed E-state index contributed by atoms with van der Waals surface area (Å²) in [4.78, 5) is 4.52.